The van der Waals surface area contributed by atoms with Crippen LogP contribution >= 0.6 is 0 Å². The third-order valence-electron chi connectivity index (χ3n) is 17.9. The number of aliphatic hydroxyl groups is 9. The van der Waals surface area contributed by atoms with Crippen LogP contribution in [0.5, 0.6) is 0 Å². The fourth-order valence-electron chi connectivity index (χ4n) is 14.0. The molecule has 4 aliphatic heterocycles. The first-order valence-electron chi connectivity index (χ1n) is 24.7. The highest BCUT2D eigenvalue weighted by Gasteiger charge is 2.78. The number of ether oxygens (including phenoxy) is 11. The first-order chi connectivity index (χ1) is 32.5. The molecule has 0 unspecified atom stereocenters. The van der Waals surface area contributed by atoms with Gasteiger partial charge in [-0.2, -0.15) is 0 Å². The Labute approximate surface area is 403 Å². The van der Waals surface area contributed by atoms with E-state index in [1.807, 2.05) is 19.9 Å². The minimum absolute atomic E-state index is 0.0625. The Morgan fingerprint density at radius 2 is 1.26 bits per heavy atom. The van der Waals surface area contributed by atoms with Gasteiger partial charge in [0.25, 0.3) is 0 Å². The van der Waals surface area contributed by atoms with Crippen LogP contribution in [0.25, 0.3) is 0 Å². The molecule has 4 heterocycles. The summed E-state index contributed by atoms with van der Waals surface area (Å²) in [7, 11) is 4.48. The van der Waals surface area contributed by atoms with E-state index in [2.05, 4.69) is 0 Å². The standard InChI is InChI=1S/C48H78O21/c1-20(50)26-12-15-48(58)46(26,6)42(56)36(55)41-45(5)13-11-25(16-24(45)10-14-47(41,48)57)65-30-17-27(59-7)37(21(2)62-30)67-31-18-28(60-8)38(22(3)63-31)68-44-35(54)40(61-9)39(23(4)64-44)69-43-34(53)33(52)32(51)29(19-49)66-43/h10,21-23,25-44,49,51-58H,11-19H2,1-9H3/t21-,22-,23-,25+,26-,27+,28+,29-,30+,31+,32-,33+,34-,35-,36+,37-,38-,39-,40+,41-,42-,43+,44+,45+,46+,47+,48-/m1/s1. The molecule has 0 aromatic carbocycles. The molecular formula is C48H78O21. The van der Waals surface area contributed by atoms with Gasteiger partial charge in [0, 0.05) is 51.4 Å². The van der Waals surface area contributed by atoms with Crippen molar-refractivity contribution >= 4 is 5.78 Å². The molecule has 0 aromatic heterocycles. The number of methoxy groups -OCH3 is 3. The summed E-state index contributed by atoms with van der Waals surface area (Å²) in [6, 6.07) is 0. The van der Waals surface area contributed by atoms with E-state index in [4.69, 9.17) is 52.1 Å². The highest BCUT2D eigenvalue weighted by Crippen LogP contribution is 2.69. The molecule has 69 heavy (non-hydrogen) atoms. The molecule has 27 atom stereocenters. The summed E-state index contributed by atoms with van der Waals surface area (Å²) < 4.78 is 67.5. The second kappa shape index (κ2) is 20.4. The van der Waals surface area contributed by atoms with Gasteiger partial charge in [-0.3, -0.25) is 4.79 Å². The van der Waals surface area contributed by atoms with Gasteiger partial charge in [0.2, 0.25) is 0 Å². The molecule has 0 radical (unpaired) electrons. The van der Waals surface area contributed by atoms with Gasteiger partial charge in [0.05, 0.1) is 55.4 Å². The molecule has 0 spiro atoms. The molecule has 7 fully saturated rings. The molecule has 396 valence electrons. The van der Waals surface area contributed by atoms with E-state index in [1.54, 1.807) is 27.9 Å². The van der Waals surface area contributed by atoms with Crippen LogP contribution in [0.1, 0.15) is 92.9 Å². The molecule has 0 bridgehead atoms. The molecule has 9 N–H and O–H groups in total. The smallest absolute Gasteiger partial charge is 0.187 e. The minimum Gasteiger partial charge on any atom is -0.394 e. The fourth-order valence-corrected chi connectivity index (χ4v) is 14.0. The molecule has 4 saturated heterocycles. The summed E-state index contributed by atoms with van der Waals surface area (Å²) in [6.07, 6.45) is -16.6. The quantitative estimate of drug-likeness (QED) is 0.101. The van der Waals surface area contributed by atoms with Crippen molar-refractivity contribution in [2.45, 2.75) is 233 Å². The SMILES string of the molecule is CO[C@H]1[C@@H](O)[C@H](O[C@H]2[C@@H](OC)C[C@H](O[C@H]3[C@@H](OC)C[C@H](O[C@H]4CC[C@@]5(C)C(=CC[C@]6(O)[C@@H]5[C@H](O)[C@@H](O)[C@]5(C)[C@@H](C(C)=O)CC[C@@]56O)C4)O[C@@H]3C)O[C@@H]2C)O[C@H](C)[C@H]1O[C@@H]1O[C@H](CO)[C@@H](O)[C@H](O)[C@H]1O. The van der Waals surface area contributed by atoms with Crippen molar-refractivity contribution in [3.05, 3.63) is 11.6 Å². The van der Waals surface area contributed by atoms with E-state index in [-0.39, 0.29) is 31.1 Å². The molecule has 0 amide bonds. The lowest BCUT2D eigenvalue weighted by Gasteiger charge is -2.67. The van der Waals surface area contributed by atoms with Crippen molar-refractivity contribution < 1.29 is 103 Å². The third kappa shape index (κ3) is 8.91. The van der Waals surface area contributed by atoms with Gasteiger partial charge >= 0.3 is 0 Å². The predicted molar refractivity (Wildman–Crippen MR) is 235 cm³/mol. The van der Waals surface area contributed by atoms with Crippen molar-refractivity contribution in [2.75, 3.05) is 27.9 Å². The highest BCUT2D eigenvalue weighted by molar-refractivity contribution is 5.80. The van der Waals surface area contributed by atoms with Crippen LogP contribution in [0, 0.1) is 22.7 Å². The predicted octanol–water partition coefficient (Wildman–Crippen LogP) is -0.913. The zero-order chi connectivity index (χ0) is 50.3. The monoisotopic (exact) mass is 991 g/mol. The second-order valence-corrected chi connectivity index (χ2v) is 21.5. The molecular weight excluding hydrogens is 913 g/mol. The van der Waals surface area contributed by atoms with E-state index >= 15 is 0 Å². The number of rotatable bonds is 13. The normalized spacial score (nSPS) is 54.5. The largest absolute Gasteiger partial charge is 0.394 e. The highest BCUT2D eigenvalue weighted by atomic mass is 16.8. The Morgan fingerprint density at radius 3 is 1.86 bits per heavy atom. The van der Waals surface area contributed by atoms with Crippen LogP contribution in [-0.4, -0.2) is 220 Å². The van der Waals surface area contributed by atoms with Crippen molar-refractivity contribution in [2.24, 2.45) is 22.7 Å². The Kier molecular flexibility index (Phi) is 15.9. The maximum Gasteiger partial charge on any atom is 0.187 e. The number of fused-ring (bicyclic) bond motifs is 5. The lowest BCUT2D eigenvalue weighted by atomic mass is 9.42. The molecule has 8 rings (SSSR count). The molecule has 21 nitrogen and oxygen atoms in total. The Balaban J connectivity index is 0.863. The van der Waals surface area contributed by atoms with Crippen molar-refractivity contribution in [1.82, 2.24) is 0 Å². The van der Waals surface area contributed by atoms with Gasteiger partial charge < -0.3 is 98.1 Å². The van der Waals surface area contributed by atoms with Crippen LogP contribution in [0.2, 0.25) is 0 Å². The van der Waals surface area contributed by atoms with Crippen molar-refractivity contribution in [1.29, 1.82) is 0 Å². The summed E-state index contributed by atoms with van der Waals surface area (Å²) in [4.78, 5) is 12.7. The van der Waals surface area contributed by atoms with Gasteiger partial charge in [0.1, 0.15) is 71.9 Å². The Hall–Kier alpha value is -1.39. The van der Waals surface area contributed by atoms with Crippen LogP contribution < -0.4 is 0 Å². The molecule has 21 heteroatoms. The third-order valence-corrected chi connectivity index (χ3v) is 17.9. The van der Waals surface area contributed by atoms with Crippen LogP contribution in [0.15, 0.2) is 11.6 Å². The summed E-state index contributed by atoms with van der Waals surface area (Å²) in [6.45, 7) is 9.71. The zero-order valence-corrected chi connectivity index (χ0v) is 41.1. The Morgan fingerprint density at radius 1 is 0.681 bits per heavy atom. The number of aliphatic hydroxyl groups excluding tert-OH is 7. The zero-order valence-electron chi connectivity index (χ0n) is 41.1. The van der Waals surface area contributed by atoms with Crippen molar-refractivity contribution in [3.8, 4) is 0 Å². The maximum atomic E-state index is 12.7. The van der Waals surface area contributed by atoms with Crippen LogP contribution in [0.4, 0.5) is 0 Å². The van der Waals surface area contributed by atoms with Crippen LogP contribution in [0.3, 0.4) is 0 Å². The summed E-state index contributed by atoms with van der Waals surface area (Å²) in [5.74, 6) is -1.76. The number of carbonyl (C=O) groups is 1. The molecule has 3 saturated carbocycles. The van der Waals surface area contributed by atoms with E-state index in [9.17, 15) is 50.8 Å². The van der Waals surface area contributed by atoms with E-state index < -0.39 is 163 Å². The second-order valence-electron chi connectivity index (χ2n) is 21.5. The molecule has 4 aliphatic carbocycles. The minimum atomic E-state index is -1.79. The average Bonchev–Trinajstić information content (AvgIpc) is 3.61. The van der Waals surface area contributed by atoms with E-state index in [1.165, 1.54) is 21.1 Å². The lowest BCUT2D eigenvalue weighted by Crippen LogP contribution is -2.79. The van der Waals surface area contributed by atoms with E-state index in [0.29, 0.717) is 32.1 Å². The Bertz CT molecular complexity index is 1820. The first kappa shape index (κ1) is 53.9. The maximum absolute atomic E-state index is 12.7. The topological polar surface area (TPSA) is 301 Å². The molecule has 8 aliphatic rings. The summed E-state index contributed by atoms with van der Waals surface area (Å²) >= 11 is 0. The lowest BCUT2D eigenvalue weighted by molar-refractivity contribution is -0.373. The van der Waals surface area contributed by atoms with Gasteiger partial charge in [-0.1, -0.05) is 25.5 Å². The first-order valence-corrected chi connectivity index (χ1v) is 24.7. The fraction of sp³-hybridized carbons (Fsp3) is 0.938. The molecule has 0 aromatic rings. The number of ketones is 1. The van der Waals surface area contributed by atoms with E-state index in [0.717, 1.165) is 5.57 Å². The average molecular weight is 991 g/mol. The number of Topliss-reactive ketones (excluding diaryl/α,β-unsaturated/α-hetero) is 1. The van der Waals surface area contributed by atoms with Gasteiger partial charge in [-0.15, -0.1) is 0 Å². The summed E-state index contributed by atoms with van der Waals surface area (Å²) in [5.41, 5.74) is -4.75. The number of hydrogen-bond acceptors (Lipinski definition) is 21. The van der Waals surface area contributed by atoms with Crippen LogP contribution in [-0.2, 0) is 56.9 Å². The number of hydrogen-bond donors (Lipinski definition) is 9. The summed E-state index contributed by atoms with van der Waals surface area (Å²) in [5, 5.41) is 101. The number of carbonyl (C=O) groups excluding carboxylic acids is 1. The van der Waals surface area contributed by atoms with Gasteiger partial charge in [0.15, 0.2) is 25.2 Å². The van der Waals surface area contributed by atoms with Gasteiger partial charge in [-0.05, 0) is 71.6 Å². The van der Waals surface area contributed by atoms with Gasteiger partial charge in [-0.25, -0.2) is 0 Å². The van der Waals surface area contributed by atoms with Crippen molar-refractivity contribution in [3.63, 3.8) is 0 Å².